The molecular weight excluding hydrogens is 356 g/mol. The molecule has 0 fully saturated rings. The van der Waals surface area contributed by atoms with E-state index in [0.29, 0.717) is 0 Å². The van der Waals surface area contributed by atoms with Crippen molar-refractivity contribution in [2.24, 2.45) is 11.5 Å². The molecule has 0 aliphatic heterocycles. The van der Waals surface area contributed by atoms with Crippen LogP contribution in [0.2, 0.25) is 0 Å². The Bertz CT molecular complexity index is 459. The van der Waals surface area contributed by atoms with Crippen LogP contribution in [0.3, 0.4) is 0 Å². The fraction of sp³-hybridized carbons (Fsp3) is 0.143. The average Bonchev–Trinajstić information content (AvgIpc) is 2.39. The number of rotatable bonds is 3. The lowest BCUT2D eigenvalue weighted by atomic mass is 9.95. The molecule has 0 unspecified atom stereocenters. The smallest absolute Gasteiger partial charge is 0.0491 e. The van der Waals surface area contributed by atoms with E-state index in [4.69, 9.17) is 11.5 Å². The second kappa shape index (κ2) is 5.97. The van der Waals surface area contributed by atoms with Crippen molar-refractivity contribution in [3.8, 4) is 0 Å². The van der Waals surface area contributed by atoms with Crippen LogP contribution in [0.5, 0.6) is 0 Å². The normalized spacial score (nSPS) is 14.2. The maximum Gasteiger partial charge on any atom is 0.0491 e. The van der Waals surface area contributed by atoms with Crippen molar-refractivity contribution in [2.75, 3.05) is 0 Å². The van der Waals surface area contributed by atoms with Gasteiger partial charge in [0.05, 0.1) is 0 Å². The van der Waals surface area contributed by atoms with Gasteiger partial charge in [0.25, 0.3) is 0 Å². The Morgan fingerprint density at radius 1 is 0.611 bits per heavy atom. The van der Waals surface area contributed by atoms with Crippen LogP contribution in [-0.2, 0) is 0 Å². The lowest BCUT2D eigenvalue weighted by molar-refractivity contribution is 0.574. The summed E-state index contributed by atoms with van der Waals surface area (Å²) in [4.78, 5) is 0. The molecule has 0 saturated heterocycles. The van der Waals surface area contributed by atoms with Gasteiger partial charge in [0.2, 0.25) is 0 Å². The first-order chi connectivity index (χ1) is 8.58. The first-order valence-electron chi connectivity index (χ1n) is 5.60. The van der Waals surface area contributed by atoms with E-state index >= 15 is 0 Å². The molecule has 2 aromatic carbocycles. The van der Waals surface area contributed by atoms with E-state index in [9.17, 15) is 0 Å². The van der Waals surface area contributed by atoms with E-state index in [1.54, 1.807) is 0 Å². The highest BCUT2D eigenvalue weighted by Crippen LogP contribution is 2.26. The monoisotopic (exact) mass is 368 g/mol. The fourth-order valence-electron chi connectivity index (χ4n) is 1.78. The van der Waals surface area contributed by atoms with Gasteiger partial charge >= 0.3 is 0 Å². The van der Waals surface area contributed by atoms with E-state index < -0.39 is 0 Å². The summed E-state index contributed by atoms with van der Waals surface area (Å²) in [6.07, 6.45) is 0. The van der Waals surface area contributed by atoms with Crippen LogP contribution in [0.15, 0.2) is 57.5 Å². The van der Waals surface area contributed by atoms with Crippen LogP contribution in [0, 0.1) is 0 Å². The minimum absolute atomic E-state index is 0.209. The number of benzene rings is 2. The molecule has 0 amide bonds. The van der Waals surface area contributed by atoms with Gasteiger partial charge in [0, 0.05) is 21.0 Å². The molecule has 2 aromatic rings. The van der Waals surface area contributed by atoms with Gasteiger partial charge in [-0.3, -0.25) is 0 Å². The second-order valence-corrected chi connectivity index (χ2v) is 5.99. The molecule has 0 saturated carbocycles. The van der Waals surface area contributed by atoms with E-state index in [1.807, 2.05) is 48.5 Å². The Balaban J connectivity index is 2.20. The van der Waals surface area contributed by atoms with Crippen molar-refractivity contribution in [1.29, 1.82) is 0 Å². The third-order valence-electron chi connectivity index (χ3n) is 2.90. The maximum absolute atomic E-state index is 6.21. The summed E-state index contributed by atoms with van der Waals surface area (Å²) in [6, 6.07) is 15.5. The van der Waals surface area contributed by atoms with Crippen molar-refractivity contribution < 1.29 is 0 Å². The Hall–Kier alpha value is -0.680. The summed E-state index contributed by atoms with van der Waals surface area (Å²) in [5.41, 5.74) is 14.5. The number of hydrogen-bond donors (Lipinski definition) is 2. The summed E-state index contributed by atoms with van der Waals surface area (Å²) in [5.74, 6) is 0. The molecule has 0 heterocycles. The number of hydrogen-bond acceptors (Lipinski definition) is 2. The van der Waals surface area contributed by atoms with Gasteiger partial charge < -0.3 is 11.5 Å². The molecule has 2 rings (SSSR count). The number of halogens is 2. The molecule has 0 aliphatic rings. The van der Waals surface area contributed by atoms with Gasteiger partial charge in [-0.2, -0.15) is 0 Å². The standard InChI is InChI=1S/C14H14Br2N2/c15-11-5-1-9(2-6-11)13(17)14(18)10-3-7-12(16)8-4-10/h1-8,13-14H,17-18H2/t13-,14+. The molecule has 18 heavy (non-hydrogen) atoms. The quantitative estimate of drug-likeness (QED) is 0.861. The van der Waals surface area contributed by atoms with Crippen LogP contribution in [0.4, 0.5) is 0 Å². The topological polar surface area (TPSA) is 52.0 Å². The summed E-state index contributed by atoms with van der Waals surface area (Å²) in [7, 11) is 0. The van der Waals surface area contributed by atoms with Crippen LogP contribution < -0.4 is 11.5 Å². The minimum Gasteiger partial charge on any atom is -0.322 e. The lowest BCUT2D eigenvalue weighted by Crippen LogP contribution is -2.26. The van der Waals surface area contributed by atoms with Crippen LogP contribution in [0.1, 0.15) is 23.2 Å². The molecule has 4 heteroatoms. The van der Waals surface area contributed by atoms with Gasteiger partial charge in [0.15, 0.2) is 0 Å². The first kappa shape index (κ1) is 13.7. The summed E-state index contributed by atoms with van der Waals surface area (Å²) in [6.45, 7) is 0. The van der Waals surface area contributed by atoms with Crippen LogP contribution >= 0.6 is 31.9 Å². The molecule has 0 aliphatic carbocycles. The zero-order valence-corrected chi connectivity index (χ0v) is 12.9. The van der Waals surface area contributed by atoms with Crippen molar-refractivity contribution in [2.45, 2.75) is 12.1 Å². The van der Waals surface area contributed by atoms with E-state index in [0.717, 1.165) is 20.1 Å². The van der Waals surface area contributed by atoms with Gasteiger partial charge in [-0.15, -0.1) is 0 Å². The van der Waals surface area contributed by atoms with Crippen LogP contribution in [-0.4, -0.2) is 0 Å². The molecule has 0 radical (unpaired) electrons. The predicted molar refractivity (Wildman–Crippen MR) is 82.1 cm³/mol. The average molecular weight is 370 g/mol. The summed E-state index contributed by atoms with van der Waals surface area (Å²) in [5, 5.41) is 0. The summed E-state index contributed by atoms with van der Waals surface area (Å²) < 4.78 is 2.08. The predicted octanol–water partition coefficient (Wildman–Crippen LogP) is 3.91. The van der Waals surface area contributed by atoms with Gasteiger partial charge in [-0.1, -0.05) is 56.1 Å². The summed E-state index contributed by atoms with van der Waals surface area (Å²) >= 11 is 6.81. The highest BCUT2D eigenvalue weighted by molar-refractivity contribution is 9.10. The molecule has 0 spiro atoms. The minimum atomic E-state index is -0.209. The molecule has 94 valence electrons. The first-order valence-corrected chi connectivity index (χ1v) is 7.18. The van der Waals surface area contributed by atoms with Gasteiger partial charge in [-0.05, 0) is 35.4 Å². The highest BCUT2D eigenvalue weighted by atomic mass is 79.9. The molecular formula is C14H14Br2N2. The molecule has 4 N–H and O–H groups in total. The second-order valence-electron chi connectivity index (χ2n) is 4.15. The molecule has 2 atom stereocenters. The molecule has 0 aromatic heterocycles. The third-order valence-corrected chi connectivity index (χ3v) is 3.95. The van der Waals surface area contributed by atoms with Crippen molar-refractivity contribution in [3.63, 3.8) is 0 Å². The highest BCUT2D eigenvalue weighted by Gasteiger charge is 2.17. The SMILES string of the molecule is N[C@H](c1ccc(Br)cc1)[C@@H](N)c1ccc(Br)cc1. The molecule has 0 bridgehead atoms. The van der Waals surface area contributed by atoms with E-state index in [2.05, 4.69) is 31.9 Å². The molecule has 2 nitrogen and oxygen atoms in total. The van der Waals surface area contributed by atoms with Gasteiger partial charge in [-0.25, -0.2) is 0 Å². The largest absolute Gasteiger partial charge is 0.322 e. The van der Waals surface area contributed by atoms with Crippen molar-refractivity contribution in [1.82, 2.24) is 0 Å². The fourth-order valence-corrected chi connectivity index (χ4v) is 2.31. The Morgan fingerprint density at radius 2 is 0.889 bits per heavy atom. The van der Waals surface area contributed by atoms with Gasteiger partial charge in [0.1, 0.15) is 0 Å². The zero-order chi connectivity index (χ0) is 13.1. The van der Waals surface area contributed by atoms with E-state index in [1.165, 1.54) is 0 Å². The maximum atomic E-state index is 6.21. The van der Waals surface area contributed by atoms with Crippen molar-refractivity contribution >= 4 is 31.9 Å². The van der Waals surface area contributed by atoms with E-state index in [-0.39, 0.29) is 12.1 Å². The number of nitrogens with two attached hydrogens (primary N) is 2. The van der Waals surface area contributed by atoms with Crippen molar-refractivity contribution in [3.05, 3.63) is 68.6 Å². The van der Waals surface area contributed by atoms with Crippen LogP contribution in [0.25, 0.3) is 0 Å². The Labute approximate surface area is 124 Å². The third kappa shape index (κ3) is 3.20. The Morgan fingerprint density at radius 3 is 1.17 bits per heavy atom. The lowest BCUT2D eigenvalue weighted by Gasteiger charge is -2.20. The zero-order valence-electron chi connectivity index (χ0n) is 9.68. The Kier molecular flexibility index (Phi) is 4.56.